The summed E-state index contributed by atoms with van der Waals surface area (Å²) in [4.78, 5) is 28.4. The van der Waals surface area contributed by atoms with E-state index in [1.54, 1.807) is 25.2 Å². The SMILES string of the molecule is CN(C)C(=O)c1cc2cnc(Nc3ccc(C(C)(C)O[SiH2]C(C)(C)C)cn3)nc2n1C1CCCC1. The van der Waals surface area contributed by atoms with E-state index in [2.05, 4.69) is 54.5 Å². The normalized spacial score (nSPS) is 15.4. The van der Waals surface area contributed by atoms with Crippen molar-refractivity contribution in [3.05, 3.63) is 41.9 Å². The lowest BCUT2D eigenvalue weighted by atomic mass is 10.0. The number of anilines is 2. The lowest BCUT2D eigenvalue weighted by Gasteiger charge is -2.30. The Labute approximate surface area is 210 Å². The van der Waals surface area contributed by atoms with Gasteiger partial charge in [0.05, 0.1) is 5.60 Å². The molecule has 0 aromatic carbocycles. The van der Waals surface area contributed by atoms with Gasteiger partial charge in [-0.3, -0.25) is 4.79 Å². The molecule has 1 aliphatic rings. The zero-order valence-electron chi connectivity index (χ0n) is 22.1. The van der Waals surface area contributed by atoms with Gasteiger partial charge < -0.3 is 19.2 Å². The quantitative estimate of drug-likeness (QED) is 0.468. The number of pyridine rings is 1. The van der Waals surface area contributed by atoms with Crippen LogP contribution in [0, 0.1) is 0 Å². The van der Waals surface area contributed by atoms with Gasteiger partial charge in [0.1, 0.15) is 17.2 Å². The molecule has 0 aliphatic heterocycles. The zero-order valence-corrected chi connectivity index (χ0v) is 23.5. The van der Waals surface area contributed by atoms with E-state index in [0.29, 0.717) is 17.5 Å². The number of amides is 1. The van der Waals surface area contributed by atoms with Crippen LogP contribution in [0.4, 0.5) is 11.8 Å². The molecule has 1 amide bonds. The van der Waals surface area contributed by atoms with Crippen LogP contribution >= 0.6 is 0 Å². The molecule has 3 aromatic heterocycles. The number of fused-ring (bicyclic) bond motifs is 1. The molecule has 0 unspecified atom stereocenters. The van der Waals surface area contributed by atoms with Crippen molar-refractivity contribution >= 4 is 38.5 Å². The predicted molar refractivity (Wildman–Crippen MR) is 143 cm³/mol. The molecule has 3 aromatic rings. The molecule has 4 rings (SSSR count). The lowest BCUT2D eigenvalue weighted by molar-refractivity contribution is 0.0815. The molecule has 0 atom stereocenters. The molecule has 0 radical (unpaired) electrons. The second-order valence-electron chi connectivity index (χ2n) is 11.4. The fraction of sp³-hybridized carbons (Fsp3) is 0.538. The molecular weight excluding hydrogens is 456 g/mol. The highest BCUT2D eigenvalue weighted by Crippen LogP contribution is 2.35. The van der Waals surface area contributed by atoms with E-state index in [-0.39, 0.29) is 22.6 Å². The minimum absolute atomic E-state index is 0.0129. The topological polar surface area (TPSA) is 85.2 Å². The van der Waals surface area contributed by atoms with Gasteiger partial charge in [0, 0.05) is 43.5 Å². The number of nitrogens with one attached hydrogen (secondary N) is 1. The summed E-state index contributed by atoms with van der Waals surface area (Å²) in [6.45, 7) is 10.9. The van der Waals surface area contributed by atoms with Crippen molar-refractivity contribution in [1.29, 1.82) is 0 Å². The molecule has 1 fully saturated rings. The van der Waals surface area contributed by atoms with Crippen LogP contribution < -0.4 is 5.32 Å². The van der Waals surface area contributed by atoms with Crippen LogP contribution in [0.15, 0.2) is 30.6 Å². The van der Waals surface area contributed by atoms with Crippen molar-refractivity contribution in [2.75, 3.05) is 19.4 Å². The van der Waals surface area contributed by atoms with E-state index in [1.165, 1.54) is 12.8 Å². The molecule has 0 spiro atoms. The van der Waals surface area contributed by atoms with Crippen molar-refractivity contribution in [2.45, 2.75) is 77.0 Å². The number of carbonyl (C=O) groups is 1. The third kappa shape index (κ3) is 5.73. The van der Waals surface area contributed by atoms with E-state index < -0.39 is 9.76 Å². The molecule has 1 aliphatic carbocycles. The highest BCUT2D eigenvalue weighted by Gasteiger charge is 2.27. The monoisotopic (exact) mass is 494 g/mol. The van der Waals surface area contributed by atoms with E-state index in [0.717, 1.165) is 29.4 Å². The fourth-order valence-electron chi connectivity index (χ4n) is 4.41. The summed E-state index contributed by atoms with van der Waals surface area (Å²) in [6, 6.07) is 6.17. The van der Waals surface area contributed by atoms with Gasteiger partial charge in [0.2, 0.25) is 5.95 Å². The Kier molecular flexibility index (Phi) is 7.01. The van der Waals surface area contributed by atoms with Crippen LogP contribution in [-0.2, 0) is 10.0 Å². The van der Waals surface area contributed by atoms with Crippen molar-refractivity contribution < 1.29 is 9.22 Å². The Morgan fingerprint density at radius 2 is 1.83 bits per heavy atom. The third-order valence-electron chi connectivity index (χ3n) is 6.46. The van der Waals surface area contributed by atoms with Gasteiger partial charge in [-0.1, -0.05) is 39.7 Å². The largest absolute Gasteiger partial charge is 0.414 e. The van der Waals surface area contributed by atoms with Gasteiger partial charge in [0.25, 0.3) is 5.91 Å². The van der Waals surface area contributed by atoms with Crippen molar-refractivity contribution in [3.63, 3.8) is 0 Å². The molecule has 9 heteroatoms. The standard InChI is InChI=1S/C26H38N6O2Si/c1-25(2,3)35-34-26(4,5)18-12-13-21(27-16-18)29-24-28-15-17-14-20(23(33)31(6)7)32(22(17)30-24)19-10-8-9-11-19/h12-16,19H,8-11,35H2,1-7H3,(H,27,28,29,30). The van der Waals surface area contributed by atoms with Gasteiger partial charge in [0.15, 0.2) is 9.76 Å². The first-order chi connectivity index (χ1) is 16.4. The molecule has 0 bridgehead atoms. The minimum atomic E-state index is -0.688. The second kappa shape index (κ2) is 9.70. The Hall–Kier alpha value is -2.78. The smallest absolute Gasteiger partial charge is 0.270 e. The van der Waals surface area contributed by atoms with Crippen molar-refractivity contribution in [2.24, 2.45) is 0 Å². The Morgan fingerprint density at radius 1 is 1.11 bits per heavy atom. The summed E-state index contributed by atoms with van der Waals surface area (Å²) in [5.41, 5.74) is 2.13. The summed E-state index contributed by atoms with van der Waals surface area (Å²) >= 11 is 0. The third-order valence-corrected chi connectivity index (χ3v) is 8.19. The van der Waals surface area contributed by atoms with Gasteiger partial charge in [-0.15, -0.1) is 0 Å². The maximum absolute atomic E-state index is 12.9. The first-order valence-corrected chi connectivity index (χ1v) is 13.7. The van der Waals surface area contributed by atoms with E-state index in [1.807, 2.05) is 24.4 Å². The number of aromatic nitrogens is 4. The molecule has 3 heterocycles. The number of rotatable bonds is 7. The molecule has 35 heavy (non-hydrogen) atoms. The van der Waals surface area contributed by atoms with Crippen LogP contribution in [0.5, 0.6) is 0 Å². The van der Waals surface area contributed by atoms with Gasteiger partial charge in [-0.05, 0) is 43.9 Å². The van der Waals surface area contributed by atoms with E-state index in [4.69, 9.17) is 9.41 Å². The highest BCUT2D eigenvalue weighted by atomic mass is 28.2. The first-order valence-electron chi connectivity index (χ1n) is 12.4. The summed E-state index contributed by atoms with van der Waals surface area (Å²) in [5, 5.41) is 4.34. The Morgan fingerprint density at radius 3 is 2.43 bits per heavy atom. The summed E-state index contributed by atoms with van der Waals surface area (Å²) < 4.78 is 8.42. The Balaban J connectivity index is 1.59. The van der Waals surface area contributed by atoms with Crippen LogP contribution in [0.3, 0.4) is 0 Å². The summed E-state index contributed by atoms with van der Waals surface area (Å²) in [7, 11) is 2.88. The average Bonchev–Trinajstić information content (AvgIpc) is 3.44. The van der Waals surface area contributed by atoms with Gasteiger partial charge in [-0.2, -0.15) is 4.98 Å². The van der Waals surface area contributed by atoms with Crippen LogP contribution in [0.25, 0.3) is 11.0 Å². The molecule has 1 saturated carbocycles. The predicted octanol–water partition coefficient (Wildman–Crippen LogP) is 4.94. The van der Waals surface area contributed by atoms with E-state index >= 15 is 0 Å². The van der Waals surface area contributed by atoms with Gasteiger partial charge in [-0.25, -0.2) is 9.97 Å². The molecule has 8 nitrogen and oxygen atoms in total. The molecular formula is C26H38N6O2Si. The number of hydrogen-bond acceptors (Lipinski definition) is 6. The van der Waals surface area contributed by atoms with Gasteiger partial charge >= 0.3 is 0 Å². The Bertz CT molecular complexity index is 1190. The first kappa shape index (κ1) is 25.3. The lowest BCUT2D eigenvalue weighted by Crippen LogP contribution is -2.27. The van der Waals surface area contributed by atoms with Crippen LogP contribution in [0.2, 0.25) is 5.04 Å². The highest BCUT2D eigenvalue weighted by molar-refractivity contribution is 6.31. The zero-order chi connectivity index (χ0) is 25.4. The number of nitrogens with zero attached hydrogens (tertiary/aromatic N) is 5. The summed E-state index contributed by atoms with van der Waals surface area (Å²) in [5.74, 6) is 1.12. The van der Waals surface area contributed by atoms with E-state index in [9.17, 15) is 4.79 Å². The molecule has 188 valence electrons. The number of hydrogen-bond donors (Lipinski definition) is 1. The van der Waals surface area contributed by atoms with Crippen molar-refractivity contribution in [1.82, 2.24) is 24.4 Å². The average molecular weight is 495 g/mol. The van der Waals surface area contributed by atoms with Crippen LogP contribution in [0.1, 0.15) is 82.4 Å². The fourth-order valence-corrected chi connectivity index (χ4v) is 5.37. The second-order valence-corrected chi connectivity index (χ2v) is 14.1. The maximum Gasteiger partial charge on any atom is 0.270 e. The number of carbonyl (C=O) groups excluding carboxylic acids is 1. The molecule has 0 saturated heterocycles. The maximum atomic E-state index is 12.9. The molecule has 1 N–H and O–H groups in total. The summed E-state index contributed by atoms with van der Waals surface area (Å²) in [6.07, 6.45) is 8.10. The van der Waals surface area contributed by atoms with Crippen molar-refractivity contribution in [3.8, 4) is 0 Å². The van der Waals surface area contributed by atoms with Crippen LogP contribution in [-0.4, -0.2) is 54.2 Å². The minimum Gasteiger partial charge on any atom is -0.414 e.